The zero-order valence-electron chi connectivity index (χ0n) is 13.5. The number of nitrogens with zero attached hydrogens (tertiary/aromatic N) is 1. The number of methoxy groups -OCH3 is 1. The number of nitrogens with one attached hydrogen (secondary N) is 1. The first-order valence-electron chi connectivity index (χ1n) is 8.00. The summed E-state index contributed by atoms with van der Waals surface area (Å²) in [5.41, 5.74) is 0.809. The monoisotopic (exact) mass is 324 g/mol. The van der Waals surface area contributed by atoms with E-state index in [1.54, 1.807) is 19.2 Å². The van der Waals surface area contributed by atoms with Crippen molar-refractivity contribution in [1.82, 2.24) is 10.2 Å². The summed E-state index contributed by atoms with van der Waals surface area (Å²) in [5.74, 6) is -0.327. The van der Waals surface area contributed by atoms with Crippen molar-refractivity contribution in [2.45, 2.75) is 31.4 Å². The lowest BCUT2D eigenvalue weighted by Gasteiger charge is -2.33. The summed E-state index contributed by atoms with van der Waals surface area (Å²) in [6, 6.07) is 6.17. The number of rotatable bonds is 7. The number of benzene rings is 1. The van der Waals surface area contributed by atoms with E-state index < -0.39 is 6.10 Å². The van der Waals surface area contributed by atoms with Crippen LogP contribution in [0.15, 0.2) is 24.3 Å². The summed E-state index contributed by atoms with van der Waals surface area (Å²) >= 11 is 0. The Morgan fingerprint density at radius 2 is 2.04 bits per heavy atom. The number of likely N-dealkylation sites (tertiary alicyclic amines) is 1. The van der Waals surface area contributed by atoms with Crippen LogP contribution in [0.3, 0.4) is 0 Å². The van der Waals surface area contributed by atoms with Gasteiger partial charge in [-0.2, -0.15) is 0 Å². The predicted octanol–water partition coefficient (Wildman–Crippen LogP) is 0.956. The summed E-state index contributed by atoms with van der Waals surface area (Å²) in [5, 5.41) is 12.8. The fourth-order valence-corrected chi connectivity index (χ4v) is 2.87. The molecule has 1 fully saturated rings. The average Bonchev–Trinajstić information content (AvgIpc) is 2.52. The maximum absolute atomic E-state index is 12.8. The third-order valence-corrected chi connectivity index (χ3v) is 4.06. The van der Waals surface area contributed by atoms with Gasteiger partial charge in [0.2, 0.25) is 5.91 Å². The number of aliphatic hydroxyl groups is 1. The first-order valence-corrected chi connectivity index (χ1v) is 8.00. The molecule has 0 bridgehead atoms. The average molecular weight is 324 g/mol. The highest BCUT2D eigenvalue weighted by molar-refractivity contribution is 5.78. The van der Waals surface area contributed by atoms with Gasteiger partial charge in [0, 0.05) is 32.8 Å². The molecule has 2 rings (SSSR count). The maximum atomic E-state index is 12.8. The topological polar surface area (TPSA) is 61.8 Å². The molecule has 1 heterocycles. The fraction of sp³-hybridized carbons (Fsp3) is 0.588. The second kappa shape index (κ2) is 8.96. The van der Waals surface area contributed by atoms with E-state index in [1.165, 1.54) is 12.1 Å². The van der Waals surface area contributed by atoms with Crippen LogP contribution in [0, 0.1) is 5.82 Å². The predicted molar refractivity (Wildman–Crippen MR) is 85.6 cm³/mol. The van der Waals surface area contributed by atoms with Crippen molar-refractivity contribution in [2.75, 3.05) is 33.4 Å². The van der Waals surface area contributed by atoms with Gasteiger partial charge in [0.25, 0.3) is 0 Å². The molecule has 1 aliphatic heterocycles. The molecule has 0 aliphatic carbocycles. The van der Waals surface area contributed by atoms with Crippen LogP contribution in [-0.2, 0) is 16.0 Å². The van der Waals surface area contributed by atoms with Gasteiger partial charge in [0.15, 0.2) is 0 Å². The quantitative estimate of drug-likeness (QED) is 0.784. The van der Waals surface area contributed by atoms with Gasteiger partial charge in [-0.1, -0.05) is 12.1 Å². The molecule has 1 atom stereocenters. The maximum Gasteiger partial charge on any atom is 0.224 e. The molecule has 1 aromatic rings. The van der Waals surface area contributed by atoms with Gasteiger partial charge in [0.1, 0.15) is 5.82 Å². The zero-order valence-corrected chi connectivity index (χ0v) is 13.5. The Morgan fingerprint density at radius 1 is 1.39 bits per heavy atom. The number of carbonyl (C=O) groups is 1. The normalized spacial score (nSPS) is 17.9. The van der Waals surface area contributed by atoms with Crippen LogP contribution in [-0.4, -0.2) is 61.4 Å². The number of hydrogen-bond donors (Lipinski definition) is 2. The molecule has 1 aromatic carbocycles. The van der Waals surface area contributed by atoms with Crippen LogP contribution in [0.4, 0.5) is 4.39 Å². The molecule has 2 N–H and O–H groups in total. The molecule has 0 radical (unpaired) electrons. The molecule has 1 unspecified atom stereocenters. The highest BCUT2D eigenvalue weighted by Crippen LogP contribution is 2.11. The Hall–Kier alpha value is -1.50. The van der Waals surface area contributed by atoms with Crippen molar-refractivity contribution >= 4 is 5.91 Å². The van der Waals surface area contributed by atoms with Gasteiger partial charge >= 0.3 is 0 Å². The van der Waals surface area contributed by atoms with Crippen molar-refractivity contribution in [1.29, 1.82) is 0 Å². The minimum Gasteiger partial charge on any atom is -0.389 e. The minimum absolute atomic E-state index is 0.0329. The van der Waals surface area contributed by atoms with E-state index in [0.29, 0.717) is 13.2 Å². The molecule has 0 spiro atoms. The number of carbonyl (C=O) groups excluding carboxylic acids is 1. The Bertz CT molecular complexity index is 487. The standard InChI is InChI=1S/C17H25FN2O3/c1-23-12-16(21)11-20-8-6-15(7-9-20)19-17(22)10-13-2-4-14(18)5-3-13/h2-5,15-16,21H,6-12H2,1H3,(H,19,22). The lowest BCUT2D eigenvalue weighted by molar-refractivity contribution is -0.121. The van der Waals surface area contributed by atoms with E-state index in [-0.39, 0.29) is 24.2 Å². The van der Waals surface area contributed by atoms with Crippen molar-refractivity contribution < 1.29 is 19.0 Å². The molecule has 23 heavy (non-hydrogen) atoms. The first-order chi connectivity index (χ1) is 11.1. The Labute approximate surface area is 136 Å². The minimum atomic E-state index is -0.468. The number of β-amino-alcohol motifs (C(OH)–C–C–N with tert-alkyl or cyclic N) is 1. The summed E-state index contributed by atoms with van der Waals surface area (Å²) in [7, 11) is 1.58. The molecule has 0 saturated carbocycles. The number of halogens is 1. The van der Waals surface area contributed by atoms with Gasteiger partial charge in [-0.15, -0.1) is 0 Å². The van der Waals surface area contributed by atoms with E-state index in [4.69, 9.17) is 4.74 Å². The van der Waals surface area contributed by atoms with Crippen molar-refractivity contribution in [3.63, 3.8) is 0 Å². The second-order valence-electron chi connectivity index (χ2n) is 6.05. The Kier molecular flexibility index (Phi) is 6.95. The number of piperidine rings is 1. The van der Waals surface area contributed by atoms with E-state index in [9.17, 15) is 14.3 Å². The van der Waals surface area contributed by atoms with Crippen molar-refractivity contribution in [2.24, 2.45) is 0 Å². The van der Waals surface area contributed by atoms with Crippen LogP contribution < -0.4 is 5.32 Å². The molecule has 5 nitrogen and oxygen atoms in total. The van der Waals surface area contributed by atoms with E-state index in [2.05, 4.69) is 10.2 Å². The van der Waals surface area contributed by atoms with Gasteiger partial charge in [0.05, 0.1) is 19.1 Å². The SMILES string of the molecule is COCC(O)CN1CCC(NC(=O)Cc2ccc(F)cc2)CC1. The number of amides is 1. The first kappa shape index (κ1) is 17.8. The van der Waals surface area contributed by atoms with Crippen LogP contribution in [0.5, 0.6) is 0 Å². The number of hydrogen-bond acceptors (Lipinski definition) is 4. The van der Waals surface area contributed by atoms with E-state index in [1.807, 2.05) is 0 Å². The summed E-state index contributed by atoms with van der Waals surface area (Å²) in [4.78, 5) is 14.2. The lowest BCUT2D eigenvalue weighted by Crippen LogP contribution is -2.47. The van der Waals surface area contributed by atoms with Crippen LogP contribution in [0.1, 0.15) is 18.4 Å². The zero-order chi connectivity index (χ0) is 16.7. The Morgan fingerprint density at radius 3 is 2.65 bits per heavy atom. The molecular formula is C17H25FN2O3. The third kappa shape index (κ3) is 6.25. The van der Waals surface area contributed by atoms with Crippen LogP contribution in [0.2, 0.25) is 0 Å². The molecule has 1 amide bonds. The van der Waals surface area contributed by atoms with Gasteiger partial charge in [-0.3, -0.25) is 4.79 Å². The molecule has 1 saturated heterocycles. The fourth-order valence-electron chi connectivity index (χ4n) is 2.87. The van der Waals surface area contributed by atoms with Crippen molar-refractivity contribution in [3.8, 4) is 0 Å². The molecule has 128 valence electrons. The van der Waals surface area contributed by atoms with Crippen LogP contribution >= 0.6 is 0 Å². The van der Waals surface area contributed by atoms with Gasteiger partial charge < -0.3 is 20.1 Å². The smallest absolute Gasteiger partial charge is 0.224 e. The molecular weight excluding hydrogens is 299 g/mol. The molecule has 1 aliphatic rings. The highest BCUT2D eigenvalue weighted by atomic mass is 19.1. The lowest BCUT2D eigenvalue weighted by atomic mass is 10.0. The highest BCUT2D eigenvalue weighted by Gasteiger charge is 2.22. The van der Waals surface area contributed by atoms with Crippen LogP contribution in [0.25, 0.3) is 0 Å². The Balaban J connectivity index is 1.69. The molecule has 6 heteroatoms. The molecule has 0 aromatic heterocycles. The van der Waals surface area contributed by atoms with Gasteiger partial charge in [-0.25, -0.2) is 4.39 Å². The summed E-state index contributed by atoms with van der Waals surface area (Å²) in [6.45, 7) is 2.64. The van der Waals surface area contributed by atoms with E-state index in [0.717, 1.165) is 31.5 Å². The van der Waals surface area contributed by atoms with E-state index >= 15 is 0 Å². The third-order valence-electron chi connectivity index (χ3n) is 4.06. The largest absolute Gasteiger partial charge is 0.389 e. The summed E-state index contributed by atoms with van der Waals surface area (Å²) < 4.78 is 17.8. The second-order valence-corrected chi connectivity index (χ2v) is 6.05. The van der Waals surface area contributed by atoms with Crippen molar-refractivity contribution in [3.05, 3.63) is 35.6 Å². The summed E-state index contributed by atoms with van der Waals surface area (Å²) in [6.07, 6.45) is 1.54. The number of ether oxygens (including phenoxy) is 1. The number of aliphatic hydroxyl groups excluding tert-OH is 1. The van der Waals surface area contributed by atoms with Gasteiger partial charge in [-0.05, 0) is 30.5 Å².